The summed E-state index contributed by atoms with van der Waals surface area (Å²) >= 11 is 0. The standard InChI is InChI=1S/C10H9N3O/c1-14-10-8(6-11-7-13-10)9-4-2-3-5-12-9/h2-7H,1H3. The van der Waals surface area contributed by atoms with Crippen LogP contribution in [0, 0.1) is 0 Å². The smallest absolute Gasteiger partial charge is 0.225 e. The van der Waals surface area contributed by atoms with Gasteiger partial charge in [-0.1, -0.05) is 6.07 Å². The van der Waals surface area contributed by atoms with Gasteiger partial charge in [-0.2, -0.15) is 0 Å². The number of hydrogen-bond acceptors (Lipinski definition) is 4. The number of hydrogen-bond donors (Lipinski definition) is 0. The second-order valence-corrected chi connectivity index (χ2v) is 2.66. The minimum absolute atomic E-state index is 0.540. The van der Waals surface area contributed by atoms with E-state index in [-0.39, 0.29) is 0 Å². The van der Waals surface area contributed by atoms with Crippen LogP contribution >= 0.6 is 0 Å². The van der Waals surface area contributed by atoms with Crippen LogP contribution in [0.15, 0.2) is 36.9 Å². The predicted molar refractivity (Wildman–Crippen MR) is 51.8 cm³/mol. The maximum absolute atomic E-state index is 5.11. The number of pyridine rings is 1. The van der Waals surface area contributed by atoms with E-state index >= 15 is 0 Å². The fourth-order valence-corrected chi connectivity index (χ4v) is 1.18. The number of rotatable bonds is 2. The molecule has 0 aromatic carbocycles. The Labute approximate surface area is 81.6 Å². The molecule has 0 saturated carbocycles. The van der Waals surface area contributed by atoms with Crippen molar-refractivity contribution in [3.8, 4) is 17.1 Å². The van der Waals surface area contributed by atoms with Gasteiger partial charge >= 0.3 is 0 Å². The molecule has 4 heteroatoms. The van der Waals surface area contributed by atoms with Gasteiger partial charge in [-0.15, -0.1) is 0 Å². The molecular formula is C10H9N3O. The topological polar surface area (TPSA) is 47.9 Å². The van der Waals surface area contributed by atoms with E-state index in [9.17, 15) is 0 Å². The van der Waals surface area contributed by atoms with E-state index in [2.05, 4.69) is 15.0 Å². The molecule has 4 nitrogen and oxygen atoms in total. The van der Waals surface area contributed by atoms with Crippen molar-refractivity contribution in [2.24, 2.45) is 0 Å². The Morgan fingerprint density at radius 3 is 2.86 bits per heavy atom. The fourth-order valence-electron chi connectivity index (χ4n) is 1.18. The largest absolute Gasteiger partial charge is 0.480 e. The van der Waals surface area contributed by atoms with Gasteiger partial charge in [0.1, 0.15) is 6.33 Å². The minimum Gasteiger partial charge on any atom is -0.480 e. The highest BCUT2D eigenvalue weighted by Crippen LogP contribution is 2.23. The number of ether oxygens (including phenoxy) is 1. The number of nitrogens with zero attached hydrogens (tertiary/aromatic N) is 3. The molecule has 0 N–H and O–H groups in total. The summed E-state index contributed by atoms with van der Waals surface area (Å²) in [6, 6.07) is 5.66. The lowest BCUT2D eigenvalue weighted by atomic mass is 10.2. The summed E-state index contributed by atoms with van der Waals surface area (Å²) in [6.07, 6.45) is 4.86. The first-order chi connectivity index (χ1) is 6.92. The van der Waals surface area contributed by atoms with Crippen molar-refractivity contribution in [1.82, 2.24) is 15.0 Å². The Hall–Kier alpha value is -1.97. The highest BCUT2D eigenvalue weighted by molar-refractivity contribution is 5.63. The van der Waals surface area contributed by atoms with Gasteiger partial charge in [0.15, 0.2) is 0 Å². The Morgan fingerprint density at radius 1 is 1.21 bits per heavy atom. The first-order valence-corrected chi connectivity index (χ1v) is 4.17. The van der Waals surface area contributed by atoms with Gasteiger partial charge in [-0.05, 0) is 12.1 Å². The summed E-state index contributed by atoms with van der Waals surface area (Å²) in [5.74, 6) is 0.540. The zero-order chi connectivity index (χ0) is 9.80. The molecule has 2 aromatic rings. The average Bonchev–Trinajstić information content (AvgIpc) is 2.30. The van der Waals surface area contributed by atoms with Crippen LogP contribution in [0.2, 0.25) is 0 Å². The van der Waals surface area contributed by atoms with Crippen molar-refractivity contribution in [3.05, 3.63) is 36.9 Å². The molecule has 2 rings (SSSR count). The maximum atomic E-state index is 5.11. The van der Waals surface area contributed by atoms with E-state index in [4.69, 9.17) is 4.74 Å². The third-order valence-corrected chi connectivity index (χ3v) is 1.81. The number of methoxy groups -OCH3 is 1. The molecule has 0 radical (unpaired) electrons. The summed E-state index contributed by atoms with van der Waals surface area (Å²) < 4.78 is 5.11. The van der Waals surface area contributed by atoms with E-state index in [0.717, 1.165) is 11.3 Å². The van der Waals surface area contributed by atoms with Crippen LogP contribution in [0.1, 0.15) is 0 Å². The van der Waals surface area contributed by atoms with Crippen molar-refractivity contribution in [3.63, 3.8) is 0 Å². The SMILES string of the molecule is COc1ncncc1-c1ccccn1. The van der Waals surface area contributed by atoms with Gasteiger partial charge in [-0.25, -0.2) is 9.97 Å². The minimum atomic E-state index is 0.540. The molecule has 14 heavy (non-hydrogen) atoms. The molecule has 2 aromatic heterocycles. The third kappa shape index (κ3) is 1.54. The van der Waals surface area contributed by atoms with Gasteiger partial charge in [0.2, 0.25) is 5.88 Å². The van der Waals surface area contributed by atoms with Crippen molar-refractivity contribution < 1.29 is 4.74 Å². The molecule has 0 saturated heterocycles. The highest BCUT2D eigenvalue weighted by atomic mass is 16.5. The summed E-state index contributed by atoms with van der Waals surface area (Å²) in [5, 5.41) is 0. The van der Waals surface area contributed by atoms with Crippen molar-refractivity contribution in [2.45, 2.75) is 0 Å². The quantitative estimate of drug-likeness (QED) is 0.715. The maximum Gasteiger partial charge on any atom is 0.225 e. The predicted octanol–water partition coefficient (Wildman–Crippen LogP) is 1.55. The van der Waals surface area contributed by atoms with E-state index in [1.165, 1.54) is 6.33 Å². The molecule has 2 heterocycles. The van der Waals surface area contributed by atoms with E-state index in [1.54, 1.807) is 19.5 Å². The van der Waals surface area contributed by atoms with E-state index < -0.39 is 0 Å². The first-order valence-electron chi connectivity index (χ1n) is 4.17. The molecule has 70 valence electrons. The summed E-state index contributed by atoms with van der Waals surface area (Å²) in [4.78, 5) is 12.1. The van der Waals surface area contributed by atoms with Crippen LogP contribution in [-0.4, -0.2) is 22.1 Å². The lowest BCUT2D eigenvalue weighted by molar-refractivity contribution is 0.398. The third-order valence-electron chi connectivity index (χ3n) is 1.81. The highest BCUT2D eigenvalue weighted by Gasteiger charge is 2.06. The van der Waals surface area contributed by atoms with Crippen LogP contribution in [0.25, 0.3) is 11.3 Å². The van der Waals surface area contributed by atoms with Crippen LogP contribution in [0.4, 0.5) is 0 Å². The normalized spacial score (nSPS) is 9.79. The van der Waals surface area contributed by atoms with Crippen molar-refractivity contribution in [2.75, 3.05) is 7.11 Å². The monoisotopic (exact) mass is 187 g/mol. The molecule has 0 aliphatic rings. The molecular weight excluding hydrogens is 178 g/mol. The first kappa shape index (κ1) is 8.62. The lowest BCUT2D eigenvalue weighted by Crippen LogP contribution is -1.93. The van der Waals surface area contributed by atoms with Gasteiger partial charge < -0.3 is 4.74 Å². The van der Waals surface area contributed by atoms with E-state index in [1.807, 2.05) is 18.2 Å². The summed E-state index contributed by atoms with van der Waals surface area (Å²) in [5.41, 5.74) is 1.61. The Kier molecular flexibility index (Phi) is 2.36. The van der Waals surface area contributed by atoms with Crippen LogP contribution < -0.4 is 4.74 Å². The summed E-state index contributed by atoms with van der Waals surface area (Å²) in [7, 11) is 1.58. The molecule has 0 spiro atoms. The molecule has 0 fully saturated rings. The number of aromatic nitrogens is 3. The molecule has 0 bridgehead atoms. The van der Waals surface area contributed by atoms with Crippen molar-refractivity contribution in [1.29, 1.82) is 0 Å². The zero-order valence-corrected chi connectivity index (χ0v) is 7.71. The van der Waals surface area contributed by atoms with Gasteiger partial charge in [0, 0.05) is 12.4 Å². The lowest BCUT2D eigenvalue weighted by Gasteiger charge is -2.04. The second kappa shape index (κ2) is 3.83. The Morgan fingerprint density at radius 2 is 2.14 bits per heavy atom. The second-order valence-electron chi connectivity index (χ2n) is 2.66. The molecule has 0 atom stereocenters. The molecule has 0 aliphatic carbocycles. The summed E-state index contributed by atoms with van der Waals surface area (Å²) in [6.45, 7) is 0. The molecule has 0 unspecified atom stereocenters. The van der Waals surface area contributed by atoms with Gasteiger partial charge in [0.25, 0.3) is 0 Å². The molecule has 0 amide bonds. The molecule has 0 aliphatic heterocycles. The van der Waals surface area contributed by atoms with E-state index in [0.29, 0.717) is 5.88 Å². The fraction of sp³-hybridized carbons (Fsp3) is 0.100. The zero-order valence-electron chi connectivity index (χ0n) is 7.71. The van der Waals surface area contributed by atoms with Gasteiger partial charge in [0.05, 0.1) is 18.4 Å². The van der Waals surface area contributed by atoms with Gasteiger partial charge in [-0.3, -0.25) is 4.98 Å². The average molecular weight is 187 g/mol. The Bertz CT molecular complexity index is 417. The van der Waals surface area contributed by atoms with Crippen LogP contribution in [-0.2, 0) is 0 Å². The van der Waals surface area contributed by atoms with Crippen molar-refractivity contribution >= 4 is 0 Å². The van der Waals surface area contributed by atoms with Crippen LogP contribution in [0.3, 0.4) is 0 Å². The van der Waals surface area contributed by atoms with Crippen LogP contribution in [0.5, 0.6) is 5.88 Å². The Balaban J connectivity index is 2.51.